The Bertz CT molecular complexity index is 541. The molecule has 1 aromatic heterocycles. The lowest BCUT2D eigenvalue weighted by Gasteiger charge is -2.41. The van der Waals surface area contributed by atoms with Gasteiger partial charge in [-0.1, -0.05) is 13.8 Å². The minimum Gasteiger partial charge on any atom is -0.354 e. The van der Waals surface area contributed by atoms with Gasteiger partial charge in [-0.3, -0.25) is 9.00 Å². The van der Waals surface area contributed by atoms with Gasteiger partial charge in [0.05, 0.1) is 10.3 Å². The molecule has 122 valence electrons. The van der Waals surface area contributed by atoms with Crippen LogP contribution in [0.4, 0.5) is 5.82 Å². The topological polar surface area (TPSA) is 62.3 Å². The first kappa shape index (κ1) is 16.9. The average Bonchev–Trinajstić information content (AvgIpc) is 2.56. The third-order valence-electron chi connectivity index (χ3n) is 4.47. The lowest BCUT2D eigenvalue weighted by molar-refractivity contribution is 0.0955. The van der Waals surface area contributed by atoms with Gasteiger partial charge in [0.2, 0.25) is 0 Å². The van der Waals surface area contributed by atoms with Crippen LogP contribution in [-0.4, -0.2) is 45.2 Å². The van der Waals surface area contributed by atoms with Gasteiger partial charge < -0.3 is 10.2 Å². The van der Waals surface area contributed by atoms with Gasteiger partial charge in [-0.25, -0.2) is 4.98 Å². The Kier molecular flexibility index (Phi) is 5.56. The second kappa shape index (κ2) is 7.22. The van der Waals surface area contributed by atoms with Gasteiger partial charge in [0.1, 0.15) is 5.82 Å². The number of carbonyl (C=O) groups is 1. The molecule has 0 aromatic carbocycles. The summed E-state index contributed by atoms with van der Waals surface area (Å²) >= 11 is 0. The number of nitrogens with one attached hydrogen (secondary N) is 1. The number of carbonyl (C=O) groups excluding carboxylic acids is 1. The maximum absolute atomic E-state index is 12.4. The summed E-state index contributed by atoms with van der Waals surface area (Å²) in [5.41, 5.74) is 0.573. The van der Waals surface area contributed by atoms with Crippen molar-refractivity contribution in [3.63, 3.8) is 0 Å². The van der Waals surface area contributed by atoms with Crippen LogP contribution in [0.25, 0.3) is 0 Å². The highest BCUT2D eigenvalue weighted by Crippen LogP contribution is 2.30. The van der Waals surface area contributed by atoms with E-state index in [2.05, 4.69) is 29.0 Å². The van der Waals surface area contributed by atoms with Gasteiger partial charge >= 0.3 is 0 Å². The van der Waals surface area contributed by atoms with Crippen molar-refractivity contribution in [2.75, 3.05) is 30.3 Å². The summed E-state index contributed by atoms with van der Waals surface area (Å²) in [6.07, 6.45) is 3.43. The van der Waals surface area contributed by atoms with Crippen LogP contribution in [-0.2, 0) is 10.8 Å². The highest BCUT2D eigenvalue weighted by Gasteiger charge is 2.39. The molecule has 0 aliphatic carbocycles. The van der Waals surface area contributed by atoms with Crippen LogP contribution >= 0.6 is 0 Å². The van der Waals surface area contributed by atoms with E-state index in [0.29, 0.717) is 17.9 Å². The van der Waals surface area contributed by atoms with E-state index in [1.807, 2.05) is 13.0 Å². The molecule has 0 saturated carbocycles. The molecule has 0 radical (unpaired) electrons. The van der Waals surface area contributed by atoms with Gasteiger partial charge in [-0.05, 0) is 31.9 Å². The summed E-state index contributed by atoms with van der Waals surface area (Å²) in [5.74, 6) is 1.44. The first-order chi connectivity index (χ1) is 10.6. The van der Waals surface area contributed by atoms with Crippen molar-refractivity contribution in [1.82, 2.24) is 10.3 Å². The normalized spacial score (nSPS) is 20.7. The van der Waals surface area contributed by atoms with E-state index >= 15 is 0 Å². The fourth-order valence-electron chi connectivity index (χ4n) is 2.87. The third kappa shape index (κ3) is 3.32. The third-order valence-corrected chi connectivity index (χ3v) is 6.69. The van der Waals surface area contributed by atoms with Crippen molar-refractivity contribution >= 4 is 22.5 Å². The molecule has 5 nitrogen and oxygen atoms in total. The molecule has 22 heavy (non-hydrogen) atoms. The predicted octanol–water partition coefficient (Wildman–Crippen LogP) is 1.96. The average molecular weight is 323 g/mol. The summed E-state index contributed by atoms with van der Waals surface area (Å²) < 4.78 is 12.2. The highest BCUT2D eigenvalue weighted by molar-refractivity contribution is 7.86. The molecular weight excluding hydrogens is 298 g/mol. The van der Waals surface area contributed by atoms with E-state index in [4.69, 9.17) is 0 Å². The van der Waals surface area contributed by atoms with Gasteiger partial charge in [0.25, 0.3) is 5.91 Å². The van der Waals surface area contributed by atoms with Crippen molar-refractivity contribution in [3.05, 3.63) is 23.9 Å². The number of hydrogen-bond acceptors (Lipinski definition) is 4. The molecule has 0 bridgehead atoms. The van der Waals surface area contributed by atoms with Gasteiger partial charge in [-0.2, -0.15) is 0 Å². The minimum atomic E-state index is -0.779. The number of aromatic nitrogens is 1. The Morgan fingerprint density at radius 2 is 2.09 bits per heavy atom. The van der Waals surface area contributed by atoms with Crippen LogP contribution in [0.2, 0.25) is 0 Å². The molecule has 1 atom stereocenters. The lowest BCUT2D eigenvalue weighted by atomic mass is 10.0. The maximum Gasteiger partial charge on any atom is 0.252 e. The van der Waals surface area contributed by atoms with Crippen LogP contribution in [0.15, 0.2) is 18.3 Å². The zero-order chi connectivity index (χ0) is 16.2. The van der Waals surface area contributed by atoms with Crippen molar-refractivity contribution in [3.8, 4) is 0 Å². The number of rotatable bonds is 5. The largest absolute Gasteiger partial charge is 0.354 e. The molecular formula is C16H25N3O2S. The molecule has 1 saturated heterocycles. The first-order valence-electron chi connectivity index (χ1n) is 7.94. The molecule has 1 N–H and O–H groups in total. The van der Waals surface area contributed by atoms with E-state index in [-0.39, 0.29) is 10.7 Å². The van der Waals surface area contributed by atoms with Crippen molar-refractivity contribution in [2.24, 2.45) is 0 Å². The number of amides is 1. The van der Waals surface area contributed by atoms with E-state index in [1.165, 1.54) is 0 Å². The molecule has 1 amide bonds. The lowest BCUT2D eigenvalue weighted by Crippen LogP contribution is -2.53. The Morgan fingerprint density at radius 3 is 2.64 bits per heavy atom. The fourth-order valence-corrected chi connectivity index (χ4v) is 4.63. The Labute approximate surface area is 135 Å². The summed E-state index contributed by atoms with van der Waals surface area (Å²) in [6, 6.07) is 3.69. The highest BCUT2D eigenvalue weighted by atomic mass is 32.2. The Hall–Kier alpha value is -1.43. The smallest absolute Gasteiger partial charge is 0.252 e. The second-order valence-electron chi connectivity index (χ2n) is 5.63. The molecule has 2 rings (SSSR count). The molecule has 1 aliphatic rings. The van der Waals surface area contributed by atoms with E-state index in [0.717, 1.165) is 31.7 Å². The minimum absolute atomic E-state index is 0.0993. The van der Waals surface area contributed by atoms with Crippen molar-refractivity contribution < 1.29 is 9.00 Å². The standard InChI is InChI=1S/C16H25N3O2S/c1-4-16(5-2)12-19(9-10-22(16)21)14-8-7-13(11-18-14)15(20)17-6-3/h7-8,11H,4-6,9-10,12H2,1-3H3,(H,17,20). The predicted molar refractivity (Wildman–Crippen MR) is 90.8 cm³/mol. The zero-order valence-electron chi connectivity index (χ0n) is 13.6. The molecule has 1 aromatic rings. The summed E-state index contributed by atoms with van der Waals surface area (Å²) in [5, 5.41) is 2.77. The van der Waals surface area contributed by atoms with Gasteiger partial charge in [-0.15, -0.1) is 0 Å². The molecule has 1 aliphatic heterocycles. The van der Waals surface area contributed by atoms with E-state index in [9.17, 15) is 9.00 Å². The first-order valence-corrected chi connectivity index (χ1v) is 9.26. The van der Waals surface area contributed by atoms with Crippen molar-refractivity contribution in [2.45, 2.75) is 38.4 Å². The molecule has 1 fully saturated rings. The Morgan fingerprint density at radius 1 is 1.36 bits per heavy atom. The van der Waals surface area contributed by atoms with Crippen LogP contribution < -0.4 is 10.2 Å². The Balaban J connectivity index is 2.15. The van der Waals surface area contributed by atoms with E-state index < -0.39 is 10.8 Å². The quantitative estimate of drug-likeness (QED) is 0.900. The van der Waals surface area contributed by atoms with E-state index in [1.54, 1.807) is 12.3 Å². The summed E-state index contributed by atoms with van der Waals surface area (Å²) in [7, 11) is -0.779. The molecule has 2 heterocycles. The van der Waals surface area contributed by atoms with Crippen molar-refractivity contribution in [1.29, 1.82) is 0 Å². The number of hydrogen-bond donors (Lipinski definition) is 1. The summed E-state index contributed by atoms with van der Waals surface area (Å²) in [6.45, 7) is 8.23. The monoisotopic (exact) mass is 323 g/mol. The second-order valence-corrected chi connectivity index (χ2v) is 7.59. The van der Waals surface area contributed by atoms with Crippen LogP contribution in [0, 0.1) is 0 Å². The number of nitrogens with zero attached hydrogens (tertiary/aromatic N) is 2. The fraction of sp³-hybridized carbons (Fsp3) is 0.625. The molecule has 0 spiro atoms. The SMILES string of the molecule is CCNC(=O)c1ccc(N2CCS(=O)C(CC)(CC)C2)nc1. The number of anilines is 1. The van der Waals surface area contributed by atoms with Gasteiger partial charge in [0.15, 0.2) is 0 Å². The molecule has 6 heteroatoms. The van der Waals surface area contributed by atoms with Crippen LogP contribution in [0.5, 0.6) is 0 Å². The number of pyridine rings is 1. The van der Waals surface area contributed by atoms with Gasteiger partial charge in [0, 0.05) is 42.4 Å². The summed E-state index contributed by atoms with van der Waals surface area (Å²) in [4.78, 5) is 18.4. The van der Waals surface area contributed by atoms with Crippen LogP contribution in [0.3, 0.4) is 0 Å². The molecule has 1 unspecified atom stereocenters. The maximum atomic E-state index is 12.4. The van der Waals surface area contributed by atoms with Crippen LogP contribution in [0.1, 0.15) is 44.0 Å². The zero-order valence-corrected chi connectivity index (χ0v) is 14.4.